The van der Waals surface area contributed by atoms with Gasteiger partial charge in [-0.05, 0) is 37.0 Å². The summed E-state index contributed by atoms with van der Waals surface area (Å²) in [6.07, 6.45) is 4.23. The van der Waals surface area contributed by atoms with Gasteiger partial charge in [-0.25, -0.2) is 0 Å². The Morgan fingerprint density at radius 2 is 2.00 bits per heavy atom. The van der Waals surface area contributed by atoms with E-state index in [1.54, 1.807) is 0 Å². The molecule has 0 amide bonds. The molecule has 0 fully saturated rings. The molecule has 1 rings (SSSR count). The van der Waals surface area contributed by atoms with Crippen molar-refractivity contribution in [3.63, 3.8) is 0 Å². The molecule has 0 saturated heterocycles. The molecule has 0 heterocycles. The highest BCUT2D eigenvalue weighted by atomic mass is 79.9. The zero-order valence-electron chi connectivity index (χ0n) is 10.6. The van der Waals surface area contributed by atoms with Gasteiger partial charge in [0.2, 0.25) is 0 Å². The fourth-order valence-electron chi connectivity index (χ4n) is 1.94. The Morgan fingerprint density at radius 1 is 1.41 bits per heavy atom. The molecule has 0 radical (unpaired) electrons. The van der Waals surface area contributed by atoms with E-state index in [9.17, 15) is 5.11 Å². The average molecular weight is 297 g/mol. The normalized spacial score (nSPS) is 16.2. The maximum absolute atomic E-state index is 10.0. The molecule has 94 valence electrons. The van der Waals surface area contributed by atoms with E-state index >= 15 is 0 Å². The Labute approximate surface area is 113 Å². The van der Waals surface area contributed by atoms with Crippen LogP contribution in [0.25, 0.3) is 0 Å². The van der Waals surface area contributed by atoms with Gasteiger partial charge in [-0.1, -0.05) is 48.0 Å². The van der Waals surface area contributed by atoms with Crippen LogP contribution >= 0.6 is 15.9 Å². The van der Waals surface area contributed by atoms with E-state index in [4.69, 9.17) is 0 Å². The topological polar surface area (TPSA) is 20.2 Å². The van der Waals surface area contributed by atoms with Crippen LogP contribution in [0.15, 0.2) is 41.4 Å². The second kappa shape index (κ2) is 6.36. The fraction of sp³-hybridized carbons (Fsp3) is 0.467. The molecule has 0 saturated carbocycles. The SMILES string of the molecule is C=CC(C)(CCc1ccc(Br)cc1)C(O)CC. The van der Waals surface area contributed by atoms with Gasteiger partial charge in [0.25, 0.3) is 0 Å². The number of halogens is 1. The lowest BCUT2D eigenvalue weighted by Gasteiger charge is -2.31. The van der Waals surface area contributed by atoms with Gasteiger partial charge in [-0.2, -0.15) is 0 Å². The largest absolute Gasteiger partial charge is 0.392 e. The van der Waals surface area contributed by atoms with Gasteiger partial charge >= 0.3 is 0 Å². The third-order valence-electron chi connectivity index (χ3n) is 3.48. The van der Waals surface area contributed by atoms with Crippen LogP contribution in [0, 0.1) is 5.41 Å². The summed E-state index contributed by atoms with van der Waals surface area (Å²) >= 11 is 3.43. The van der Waals surface area contributed by atoms with Gasteiger partial charge in [0.15, 0.2) is 0 Å². The summed E-state index contributed by atoms with van der Waals surface area (Å²) < 4.78 is 1.10. The predicted molar refractivity (Wildman–Crippen MR) is 77.1 cm³/mol. The molecule has 2 unspecified atom stereocenters. The summed E-state index contributed by atoms with van der Waals surface area (Å²) in [4.78, 5) is 0. The maximum Gasteiger partial charge on any atom is 0.0625 e. The van der Waals surface area contributed by atoms with Crippen molar-refractivity contribution in [2.75, 3.05) is 0 Å². The molecular formula is C15H21BrO. The lowest BCUT2D eigenvalue weighted by atomic mass is 9.78. The van der Waals surface area contributed by atoms with Gasteiger partial charge in [0.05, 0.1) is 6.10 Å². The minimum Gasteiger partial charge on any atom is -0.392 e. The predicted octanol–water partition coefficient (Wildman–Crippen LogP) is 4.34. The molecule has 1 aromatic carbocycles. The molecule has 0 aromatic heterocycles. The van der Waals surface area contributed by atoms with Gasteiger partial charge in [-0.15, -0.1) is 6.58 Å². The van der Waals surface area contributed by atoms with E-state index in [0.29, 0.717) is 0 Å². The van der Waals surface area contributed by atoms with Crippen molar-refractivity contribution in [2.24, 2.45) is 5.41 Å². The summed E-state index contributed by atoms with van der Waals surface area (Å²) in [5.41, 5.74) is 1.10. The lowest BCUT2D eigenvalue weighted by Crippen LogP contribution is -2.30. The van der Waals surface area contributed by atoms with Crippen molar-refractivity contribution in [3.05, 3.63) is 47.0 Å². The second-order valence-electron chi connectivity index (χ2n) is 4.76. The van der Waals surface area contributed by atoms with Crippen LogP contribution in [0.2, 0.25) is 0 Å². The van der Waals surface area contributed by atoms with Crippen LogP contribution in [0.3, 0.4) is 0 Å². The van der Waals surface area contributed by atoms with Gasteiger partial charge < -0.3 is 5.11 Å². The first-order chi connectivity index (χ1) is 8.01. The summed E-state index contributed by atoms with van der Waals surface area (Å²) in [5, 5.41) is 10.0. The Bertz CT molecular complexity index is 358. The van der Waals surface area contributed by atoms with Crippen molar-refractivity contribution >= 4 is 15.9 Å². The average Bonchev–Trinajstić information content (AvgIpc) is 2.36. The molecule has 0 bridgehead atoms. The molecule has 1 N–H and O–H groups in total. The standard InChI is InChI=1S/C15H21BrO/c1-4-14(17)15(3,5-2)11-10-12-6-8-13(16)9-7-12/h5-9,14,17H,2,4,10-11H2,1,3H3. The molecule has 2 atom stereocenters. The molecule has 0 spiro atoms. The minimum atomic E-state index is -0.310. The fourth-order valence-corrected chi connectivity index (χ4v) is 2.20. The molecule has 0 aliphatic carbocycles. The summed E-state index contributed by atoms with van der Waals surface area (Å²) in [6, 6.07) is 8.34. The Morgan fingerprint density at radius 3 is 2.47 bits per heavy atom. The van der Waals surface area contributed by atoms with Crippen LogP contribution in [-0.2, 0) is 6.42 Å². The highest BCUT2D eigenvalue weighted by Gasteiger charge is 2.27. The van der Waals surface area contributed by atoms with Crippen LogP contribution in [-0.4, -0.2) is 11.2 Å². The number of hydrogen-bond acceptors (Lipinski definition) is 1. The van der Waals surface area contributed by atoms with E-state index in [1.165, 1.54) is 5.56 Å². The van der Waals surface area contributed by atoms with Gasteiger partial charge in [-0.3, -0.25) is 0 Å². The summed E-state index contributed by atoms with van der Waals surface area (Å²) in [7, 11) is 0. The quantitative estimate of drug-likeness (QED) is 0.774. The van der Waals surface area contributed by atoms with Crippen molar-refractivity contribution in [2.45, 2.75) is 39.2 Å². The highest BCUT2D eigenvalue weighted by Crippen LogP contribution is 2.31. The maximum atomic E-state index is 10.0. The Balaban J connectivity index is 2.64. The number of hydrogen-bond donors (Lipinski definition) is 1. The molecule has 0 aliphatic heterocycles. The smallest absolute Gasteiger partial charge is 0.0625 e. The number of aliphatic hydroxyl groups excluding tert-OH is 1. The van der Waals surface area contributed by atoms with Crippen molar-refractivity contribution in [1.82, 2.24) is 0 Å². The van der Waals surface area contributed by atoms with E-state index < -0.39 is 0 Å². The van der Waals surface area contributed by atoms with Gasteiger partial charge in [0, 0.05) is 9.89 Å². The number of rotatable bonds is 6. The van der Waals surface area contributed by atoms with Crippen LogP contribution < -0.4 is 0 Å². The van der Waals surface area contributed by atoms with E-state index in [2.05, 4.69) is 53.7 Å². The molecule has 1 aromatic rings. The number of aliphatic hydroxyl groups is 1. The molecule has 1 nitrogen and oxygen atoms in total. The molecular weight excluding hydrogens is 276 g/mol. The Kier molecular flexibility index (Phi) is 5.41. The molecule has 17 heavy (non-hydrogen) atoms. The van der Waals surface area contributed by atoms with Crippen molar-refractivity contribution < 1.29 is 5.11 Å². The summed E-state index contributed by atoms with van der Waals surface area (Å²) in [5.74, 6) is 0. The van der Waals surface area contributed by atoms with Crippen molar-refractivity contribution in [1.29, 1.82) is 0 Å². The first-order valence-corrected chi connectivity index (χ1v) is 6.87. The molecule has 2 heteroatoms. The van der Waals surface area contributed by atoms with Crippen molar-refractivity contribution in [3.8, 4) is 0 Å². The lowest BCUT2D eigenvalue weighted by molar-refractivity contribution is 0.0615. The first-order valence-electron chi connectivity index (χ1n) is 6.08. The van der Waals surface area contributed by atoms with E-state index in [-0.39, 0.29) is 11.5 Å². The minimum absolute atomic E-state index is 0.193. The zero-order valence-corrected chi connectivity index (χ0v) is 12.2. The third kappa shape index (κ3) is 3.97. The van der Waals surface area contributed by atoms with E-state index in [0.717, 1.165) is 23.7 Å². The monoisotopic (exact) mass is 296 g/mol. The van der Waals surface area contributed by atoms with Gasteiger partial charge in [0.1, 0.15) is 0 Å². The third-order valence-corrected chi connectivity index (χ3v) is 4.01. The molecule has 0 aliphatic rings. The van der Waals surface area contributed by atoms with Crippen LogP contribution in [0.1, 0.15) is 32.3 Å². The second-order valence-corrected chi connectivity index (χ2v) is 5.68. The number of benzene rings is 1. The number of aryl methyl sites for hydroxylation is 1. The highest BCUT2D eigenvalue weighted by molar-refractivity contribution is 9.10. The van der Waals surface area contributed by atoms with E-state index in [1.807, 2.05) is 13.0 Å². The Hall–Kier alpha value is -0.600. The summed E-state index contributed by atoms with van der Waals surface area (Å²) in [6.45, 7) is 7.94. The zero-order chi connectivity index (χ0) is 12.9. The van der Waals surface area contributed by atoms with Crippen LogP contribution in [0.4, 0.5) is 0 Å². The van der Waals surface area contributed by atoms with Crippen LogP contribution in [0.5, 0.6) is 0 Å². The first kappa shape index (κ1) is 14.5.